The zero-order valence-electron chi connectivity index (χ0n) is 13.0. The summed E-state index contributed by atoms with van der Waals surface area (Å²) in [6, 6.07) is 6.64. The smallest absolute Gasteiger partial charge is 0.330 e. The van der Waals surface area contributed by atoms with Crippen molar-refractivity contribution in [3.05, 3.63) is 35.9 Å². The van der Waals surface area contributed by atoms with Crippen LogP contribution in [0.4, 0.5) is 0 Å². The fourth-order valence-electron chi connectivity index (χ4n) is 2.24. The minimum absolute atomic E-state index is 0.280. The standard InChI is InChI=1S/C16H20O8/c1-22-12(18)7-6-9-4-2-3-5-10(9)23-16-15(21)14(20)13(19)11(8-17)24-16/h2-7,11,13-17,19-21H,8H2,1H3/t11-,13-,14+,15-,16-/m1/s1. The summed E-state index contributed by atoms with van der Waals surface area (Å²) < 4.78 is 15.4. The lowest BCUT2D eigenvalue weighted by Crippen LogP contribution is -2.60. The summed E-state index contributed by atoms with van der Waals surface area (Å²) in [5.41, 5.74) is 0.514. The molecule has 1 aromatic carbocycles. The number of ether oxygens (including phenoxy) is 3. The Morgan fingerprint density at radius 3 is 2.58 bits per heavy atom. The fourth-order valence-corrected chi connectivity index (χ4v) is 2.24. The van der Waals surface area contributed by atoms with Gasteiger partial charge in [0.15, 0.2) is 0 Å². The lowest BCUT2D eigenvalue weighted by molar-refractivity contribution is -0.277. The predicted molar refractivity (Wildman–Crippen MR) is 81.9 cm³/mol. The molecule has 132 valence electrons. The zero-order valence-corrected chi connectivity index (χ0v) is 13.0. The van der Waals surface area contributed by atoms with E-state index in [0.29, 0.717) is 5.56 Å². The normalized spacial score (nSPS) is 30.3. The number of aliphatic hydroxyl groups is 4. The molecule has 1 fully saturated rings. The number of esters is 1. The van der Waals surface area contributed by atoms with E-state index in [1.807, 2.05) is 0 Å². The van der Waals surface area contributed by atoms with Crippen LogP contribution in [-0.2, 0) is 14.3 Å². The van der Waals surface area contributed by atoms with Crippen molar-refractivity contribution in [3.63, 3.8) is 0 Å². The Morgan fingerprint density at radius 1 is 1.21 bits per heavy atom. The van der Waals surface area contributed by atoms with Gasteiger partial charge >= 0.3 is 5.97 Å². The largest absolute Gasteiger partial charge is 0.466 e. The third kappa shape index (κ3) is 4.11. The summed E-state index contributed by atoms with van der Waals surface area (Å²) in [7, 11) is 1.25. The molecular formula is C16H20O8. The van der Waals surface area contributed by atoms with Crippen LogP contribution in [0.1, 0.15) is 5.56 Å². The van der Waals surface area contributed by atoms with Gasteiger partial charge in [-0.1, -0.05) is 18.2 Å². The van der Waals surface area contributed by atoms with Gasteiger partial charge in [0.25, 0.3) is 0 Å². The van der Waals surface area contributed by atoms with Crippen LogP contribution in [0, 0.1) is 0 Å². The van der Waals surface area contributed by atoms with Gasteiger partial charge in [-0.25, -0.2) is 4.79 Å². The third-order valence-electron chi connectivity index (χ3n) is 3.61. The number of carbonyl (C=O) groups excluding carboxylic acids is 1. The van der Waals surface area contributed by atoms with E-state index in [0.717, 1.165) is 0 Å². The van der Waals surface area contributed by atoms with Gasteiger partial charge in [0.1, 0.15) is 30.2 Å². The number of hydrogen-bond donors (Lipinski definition) is 4. The van der Waals surface area contributed by atoms with Crippen molar-refractivity contribution in [2.45, 2.75) is 30.7 Å². The molecule has 0 aromatic heterocycles. The maximum atomic E-state index is 11.2. The van der Waals surface area contributed by atoms with E-state index in [9.17, 15) is 25.2 Å². The number of para-hydroxylation sites is 1. The molecule has 8 nitrogen and oxygen atoms in total. The highest BCUT2D eigenvalue weighted by Gasteiger charge is 2.44. The number of carbonyl (C=O) groups is 1. The average molecular weight is 340 g/mol. The first-order valence-corrected chi connectivity index (χ1v) is 7.30. The van der Waals surface area contributed by atoms with Crippen LogP contribution < -0.4 is 4.74 Å². The van der Waals surface area contributed by atoms with Crippen LogP contribution in [0.25, 0.3) is 6.08 Å². The van der Waals surface area contributed by atoms with Crippen LogP contribution in [0.5, 0.6) is 5.75 Å². The highest BCUT2D eigenvalue weighted by atomic mass is 16.7. The molecule has 0 amide bonds. The maximum absolute atomic E-state index is 11.2. The van der Waals surface area contributed by atoms with Gasteiger partial charge in [-0.05, 0) is 12.1 Å². The van der Waals surface area contributed by atoms with E-state index in [1.165, 1.54) is 19.3 Å². The Hall–Kier alpha value is -1.97. The molecule has 8 heteroatoms. The van der Waals surface area contributed by atoms with Crippen LogP contribution in [0.15, 0.2) is 30.3 Å². The van der Waals surface area contributed by atoms with Gasteiger partial charge in [-0.15, -0.1) is 0 Å². The first-order valence-electron chi connectivity index (χ1n) is 7.30. The number of hydrogen-bond acceptors (Lipinski definition) is 8. The van der Waals surface area contributed by atoms with Crippen molar-refractivity contribution >= 4 is 12.0 Å². The van der Waals surface area contributed by atoms with Crippen molar-refractivity contribution < 1.29 is 39.4 Å². The Bertz CT molecular complexity index is 585. The lowest BCUT2D eigenvalue weighted by Gasteiger charge is -2.39. The predicted octanol–water partition coefficient (Wildman–Crippen LogP) is -0.949. The zero-order chi connectivity index (χ0) is 17.7. The van der Waals surface area contributed by atoms with Gasteiger partial charge in [0, 0.05) is 11.6 Å². The third-order valence-corrected chi connectivity index (χ3v) is 3.61. The highest BCUT2D eigenvalue weighted by Crippen LogP contribution is 2.27. The van der Waals surface area contributed by atoms with Crippen molar-refractivity contribution in [1.29, 1.82) is 0 Å². The minimum Gasteiger partial charge on any atom is -0.466 e. The Balaban J connectivity index is 2.18. The second-order valence-electron chi connectivity index (χ2n) is 5.21. The highest BCUT2D eigenvalue weighted by molar-refractivity contribution is 5.87. The second kappa shape index (κ2) is 8.22. The van der Waals surface area contributed by atoms with Crippen molar-refractivity contribution in [3.8, 4) is 5.75 Å². The molecule has 0 radical (unpaired) electrons. The molecule has 4 N–H and O–H groups in total. The van der Waals surface area contributed by atoms with Crippen LogP contribution in [0.2, 0.25) is 0 Å². The molecule has 0 saturated carbocycles. The van der Waals surface area contributed by atoms with Crippen molar-refractivity contribution in [1.82, 2.24) is 0 Å². The first-order chi connectivity index (χ1) is 11.5. The molecule has 2 rings (SSSR count). The van der Waals surface area contributed by atoms with Gasteiger partial charge in [-0.2, -0.15) is 0 Å². The fraction of sp³-hybridized carbons (Fsp3) is 0.438. The van der Waals surface area contributed by atoms with Gasteiger partial charge < -0.3 is 34.6 Å². The molecule has 0 bridgehead atoms. The first kappa shape index (κ1) is 18.4. The van der Waals surface area contributed by atoms with Crippen LogP contribution in [0.3, 0.4) is 0 Å². The molecule has 1 aliphatic heterocycles. The molecule has 0 aliphatic carbocycles. The number of benzene rings is 1. The van der Waals surface area contributed by atoms with Crippen LogP contribution in [-0.4, -0.2) is 70.8 Å². The summed E-state index contributed by atoms with van der Waals surface area (Å²) >= 11 is 0. The monoisotopic (exact) mass is 340 g/mol. The SMILES string of the molecule is COC(=O)C=Cc1ccccc1O[C@@H]1O[C@H](CO)[C@@H](O)[C@H](O)[C@H]1O. The molecule has 0 spiro atoms. The molecular weight excluding hydrogens is 320 g/mol. The van der Waals surface area contributed by atoms with E-state index >= 15 is 0 Å². The topological polar surface area (TPSA) is 126 Å². The molecule has 1 aliphatic rings. The lowest BCUT2D eigenvalue weighted by atomic mass is 9.99. The van der Waals surface area contributed by atoms with E-state index in [2.05, 4.69) is 4.74 Å². The summed E-state index contributed by atoms with van der Waals surface area (Å²) in [4.78, 5) is 11.2. The summed E-state index contributed by atoms with van der Waals surface area (Å²) in [5, 5.41) is 38.7. The summed E-state index contributed by atoms with van der Waals surface area (Å²) in [5.74, 6) is -0.264. The molecule has 1 saturated heterocycles. The molecule has 1 heterocycles. The Morgan fingerprint density at radius 2 is 1.92 bits per heavy atom. The van der Waals surface area contributed by atoms with Crippen molar-refractivity contribution in [2.24, 2.45) is 0 Å². The number of aliphatic hydroxyl groups excluding tert-OH is 4. The summed E-state index contributed by atoms with van der Waals surface area (Å²) in [6.07, 6.45) is -4.20. The summed E-state index contributed by atoms with van der Waals surface area (Å²) in [6.45, 7) is -0.547. The molecule has 0 unspecified atom stereocenters. The van der Waals surface area contributed by atoms with Gasteiger partial charge in [0.05, 0.1) is 13.7 Å². The van der Waals surface area contributed by atoms with Gasteiger partial charge in [0.2, 0.25) is 6.29 Å². The van der Waals surface area contributed by atoms with Gasteiger partial charge in [-0.3, -0.25) is 0 Å². The second-order valence-corrected chi connectivity index (χ2v) is 5.21. The quantitative estimate of drug-likeness (QED) is 0.399. The van der Waals surface area contributed by atoms with Crippen LogP contribution >= 0.6 is 0 Å². The van der Waals surface area contributed by atoms with E-state index < -0.39 is 43.3 Å². The number of rotatable bonds is 5. The van der Waals surface area contributed by atoms with E-state index in [4.69, 9.17) is 9.47 Å². The molecule has 1 aromatic rings. The molecule has 5 atom stereocenters. The minimum atomic E-state index is -1.53. The van der Waals surface area contributed by atoms with E-state index in [1.54, 1.807) is 24.3 Å². The maximum Gasteiger partial charge on any atom is 0.330 e. The van der Waals surface area contributed by atoms with E-state index in [-0.39, 0.29) is 5.75 Å². The molecule has 24 heavy (non-hydrogen) atoms. The number of methoxy groups -OCH3 is 1. The Labute approximate surface area is 138 Å². The Kier molecular flexibility index (Phi) is 6.29. The average Bonchev–Trinajstić information content (AvgIpc) is 2.61. The van der Waals surface area contributed by atoms with Crippen molar-refractivity contribution in [2.75, 3.05) is 13.7 Å².